The van der Waals surface area contributed by atoms with E-state index in [4.69, 9.17) is 5.11 Å². The van der Waals surface area contributed by atoms with Crippen molar-refractivity contribution in [2.75, 3.05) is 13.1 Å². The zero-order valence-electron chi connectivity index (χ0n) is 11.8. The molecular weight excluding hydrogens is 273 g/mol. The van der Waals surface area contributed by atoms with Crippen LogP contribution in [-0.4, -0.2) is 40.3 Å². The Labute approximate surface area is 123 Å². The number of fused-ring (bicyclic) bond motifs is 1. The summed E-state index contributed by atoms with van der Waals surface area (Å²) in [6.45, 7) is 2.34. The third kappa shape index (κ3) is 3.09. The van der Waals surface area contributed by atoms with Crippen molar-refractivity contribution in [3.8, 4) is 0 Å². The second kappa shape index (κ2) is 5.73. The van der Waals surface area contributed by atoms with Crippen molar-refractivity contribution >= 4 is 5.97 Å². The molecule has 0 radical (unpaired) electrons. The fourth-order valence-electron chi connectivity index (χ4n) is 3.68. The van der Waals surface area contributed by atoms with Crippen molar-refractivity contribution in [2.24, 2.45) is 11.8 Å². The largest absolute Gasteiger partial charge is 0.478 e. The number of carboxylic acids is 1. The third-order valence-corrected chi connectivity index (χ3v) is 4.79. The predicted octanol–water partition coefficient (Wildman–Crippen LogP) is 2.12. The Hall–Kier alpha value is -1.46. The van der Waals surface area contributed by atoms with E-state index in [-0.39, 0.29) is 11.7 Å². The van der Waals surface area contributed by atoms with Crippen LogP contribution in [0.25, 0.3) is 0 Å². The van der Waals surface area contributed by atoms with Gasteiger partial charge in [0, 0.05) is 25.2 Å². The lowest BCUT2D eigenvalue weighted by Crippen LogP contribution is -2.26. The molecule has 0 amide bonds. The highest BCUT2D eigenvalue weighted by molar-refractivity contribution is 5.87. The van der Waals surface area contributed by atoms with E-state index in [1.165, 1.54) is 6.07 Å². The molecule has 1 aliphatic heterocycles. The molecular formula is C16H20FNO3. The normalized spacial score (nSPS) is 29.3. The van der Waals surface area contributed by atoms with E-state index in [1.807, 2.05) is 0 Å². The number of hydrogen-bond acceptors (Lipinski definition) is 3. The number of aliphatic hydroxyl groups excluding tert-OH is 1. The van der Waals surface area contributed by atoms with Crippen molar-refractivity contribution in [3.63, 3.8) is 0 Å². The standard InChI is InChI=1S/C16H20FNO3/c17-15-6-10(16(20)21)1-2-12(15)8-18-7-11-3-4-14(19)5-13(11)9-18/h1-2,6,11,13-14,19H,3-5,7-9H2,(H,20,21)/t11-,13+,14-/m0/s1. The predicted molar refractivity (Wildman–Crippen MR) is 75.5 cm³/mol. The average Bonchev–Trinajstić information content (AvgIpc) is 2.82. The lowest BCUT2D eigenvalue weighted by molar-refractivity contribution is 0.0696. The molecule has 1 saturated heterocycles. The minimum absolute atomic E-state index is 0.0190. The van der Waals surface area contributed by atoms with E-state index in [1.54, 1.807) is 6.07 Å². The molecule has 2 N–H and O–H groups in total. The highest BCUT2D eigenvalue weighted by atomic mass is 19.1. The van der Waals surface area contributed by atoms with Crippen LogP contribution in [-0.2, 0) is 6.54 Å². The first-order valence-corrected chi connectivity index (χ1v) is 7.45. The van der Waals surface area contributed by atoms with E-state index < -0.39 is 11.8 Å². The van der Waals surface area contributed by atoms with Gasteiger partial charge in [-0.1, -0.05) is 6.07 Å². The van der Waals surface area contributed by atoms with Crippen molar-refractivity contribution in [3.05, 3.63) is 35.1 Å². The number of hydrogen-bond donors (Lipinski definition) is 2. The summed E-state index contributed by atoms with van der Waals surface area (Å²) in [5, 5.41) is 18.6. The molecule has 0 aromatic heterocycles. The summed E-state index contributed by atoms with van der Waals surface area (Å²) in [5.41, 5.74) is 0.522. The van der Waals surface area contributed by atoms with E-state index >= 15 is 0 Å². The monoisotopic (exact) mass is 293 g/mol. The first-order valence-electron chi connectivity index (χ1n) is 7.45. The summed E-state index contributed by atoms with van der Waals surface area (Å²) < 4.78 is 14.0. The van der Waals surface area contributed by atoms with Crippen LogP contribution < -0.4 is 0 Å². The van der Waals surface area contributed by atoms with Gasteiger partial charge in [0.25, 0.3) is 0 Å². The van der Waals surface area contributed by atoms with Gasteiger partial charge < -0.3 is 10.2 Å². The number of halogens is 1. The van der Waals surface area contributed by atoms with Gasteiger partial charge >= 0.3 is 5.97 Å². The summed E-state index contributed by atoms with van der Waals surface area (Å²) in [6.07, 6.45) is 2.58. The Bertz CT molecular complexity index is 548. The third-order valence-electron chi connectivity index (χ3n) is 4.79. The van der Waals surface area contributed by atoms with Gasteiger partial charge in [-0.25, -0.2) is 9.18 Å². The van der Waals surface area contributed by atoms with Crippen molar-refractivity contribution in [1.82, 2.24) is 4.90 Å². The summed E-state index contributed by atoms with van der Waals surface area (Å²) in [5.74, 6) is -0.448. The van der Waals surface area contributed by atoms with Gasteiger partial charge in [0.05, 0.1) is 11.7 Å². The number of likely N-dealkylation sites (tertiary alicyclic amines) is 1. The second-order valence-electron chi connectivity index (χ2n) is 6.29. The molecule has 3 atom stereocenters. The number of rotatable bonds is 3. The van der Waals surface area contributed by atoms with Crippen LogP contribution in [0.5, 0.6) is 0 Å². The van der Waals surface area contributed by atoms with Crippen LogP contribution in [0.3, 0.4) is 0 Å². The van der Waals surface area contributed by atoms with Gasteiger partial charge in [-0.15, -0.1) is 0 Å². The maximum atomic E-state index is 14.0. The number of aromatic carboxylic acids is 1. The van der Waals surface area contributed by atoms with Crippen molar-refractivity contribution in [2.45, 2.75) is 31.9 Å². The fourth-order valence-corrected chi connectivity index (χ4v) is 3.68. The van der Waals surface area contributed by atoms with E-state index in [0.29, 0.717) is 23.9 Å². The molecule has 114 valence electrons. The lowest BCUT2D eigenvalue weighted by Gasteiger charge is -2.27. The Kier molecular flexibility index (Phi) is 3.95. The van der Waals surface area contributed by atoms with Gasteiger partial charge in [0.1, 0.15) is 5.82 Å². The molecule has 2 fully saturated rings. The minimum Gasteiger partial charge on any atom is -0.478 e. The zero-order valence-corrected chi connectivity index (χ0v) is 11.8. The zero-order chi connectivity index (χ0) is 15.0. The minimum atomic E-state index is -1.11. The molecule has 1 aromatic carbocycles. The quantitative estimate of drug-likeness (QED) is 0.896. The van der Waals surface area contributed by atoms with Gasteiger partial charge in [-0.2, -0.15) is 0 Å². The molecule has 0 bridgehead atoms. The molecule has 0 spiro atoms. The Morgan fingerprint density at radius 2 is 2.05 bits per heavy atom. The van der Waals surface area contributed by atoms with Gasteiger partial charge in [0.15, 0.2) is 0 Å². The van der Waals surface area contributed by atoms with Crippen LogP contribution >= 0.6 is 0 Å². The van der Waals surface area contributed by atoms with Gasteiger partial charge in [-0.3, -0.25) is 4.90 Å². The van der Waals surface area contributed by atoms with Gasteiger partial charge in [-0.05, 0) is 43.2 Å². The first kappa shape index (κ1) is 14.5. The molecule has 21 heavy (non-hydrogen) atoms. The molecule has 1 saturated carbocycles. The summed E-state index contributed by atoms with van der Waals surface area (Å²) in [4.78, 5) is 13.0. The average molecular weight is 293 g/mol. The first-order chi connectivity index (χ1) is 10.0. The molecule has 3 rings (SSSR count). The van der Waals surface area contributed by atoms with E-state index in [0.717, 1.165) is 38.4 Å². The highest BCUT2D eigenvalue weighted by Crippen LogP contribution is 2.36. The number of nitrogens with zero attached hydrogens (tertiary/aromatic N) is 1. The van der Waals surface area contributed by atoms with Crippen LogP contribution in [0.1, 0.15) is 35.2 Å². The highest BCUT2D eigenvalue weighted by Gasteiger charge is 2.37. The van der Waals surface area contributed by atoms with Gasteiger partial charge in [0.2, 0.25) is 0 Å². The van der Waals surface area contributed by atoms with E-state index in [9.17, 15) is 14.3 Å². The van der Waals surface area contributed by atoms with Crippen LogP contribution in [0.4, 0.5) is 4.39 Å². The fraction of sp³-hybridized carbons (Fsp3) is 0.562. The second-order valence-corrected chi connectivity index (χ2v) is 6.29. The Morgan fingerprint density at radius 1 is 1.29 bits per heavy atom. The van der Waals surface area contributed by atoms with Crippen LogP contribution in [0.2, 0.25) is 0 Å². The maximum absolute atomic E-state index is 14.0. The van der Waals surface area contributed by atoms with Crippen molar-refractivity contribution < 1.29 is 19.4 Å². The lowest BCUT2D eigenvalue weighted by atomic mass is 9.80. The summed E-state index contributed by atoms with van der Waals surface area (Å²) in [7, 11) is 0. The number of aliphatic hydroxyl groups is 1. The molecule has 1 aromatic rings. The topological polar surface area (TPSA) is 60.8 Å². The number of benzene rings is 1. The Morgan fingerprint density at radius 3 is 2.76 bits per heavy atom. The SMILES string of the molecule is O=C(O)c1ccc(CN2C[C@H]3C[C@@H](O)CC[C@H]3C2)c(F)c1. The van der Waals surface area contributed by atoms with E-state index in [2.05, 4.69) is 4.90 Å². The molecule has 5 heteroatoms. The Balaban J connectivity index is 1.66. The molecule has 1 aliphatic carbocycles. The molecule has 2 aliphatic rings. The summed E-state index contributed by atoms with van der Waals surface area (Å²) in [6, 6.07) is 4.10. The smallest absolute Gasteiger partial charge is 0.335 e. The number of carboxylic acid groups (broad SMARTS) is 1. The molecule has 1 heterocycles. The van der Waals surface area contributed by atoms with Crippen LogP contribution in [0.15, 0.2) is 18.2 Å². The number of carbonyl (C=O) groups is 1. The maximum Gasteiger partial charge on any atom is 0.335 e. The van der Waals surface area contributed by atoms with Crippen LogP contribution in [0, 0.1) is 17.7 Å². The molecule has 4 nitrogen and oxygen atoms in total. The molecule has 0 unspecified atom stereocenters. The van der Waals surface area contributed by atoms with Crippen molar-refractivity contribution in [1.29, 1.82) is 0 Å². The summed E-state index contributed by atoms with van der Waals surface area (Å²) >= 11 is 0.